The van der Waals surface area contributed by atoms with Crippen LogP contribution >= 0.6 is 0 Å². The molecule has 66 heavy (non-hydrogen) atoms. The van der Waals surface area contributed by atoms with E-state index < -0.39 is 35.1 Å². The molecule has 0 aromatic heterocycles. The van der Waals surface area contributed by atoms with Crippen molar-refractivity contribution in [1.82, 2.24) is 25.8 Å². The van der Waals surface area contributed by atoms with Gasteiger partial charge in [-0.05, 0) is 95.8 Å². The van der Waals surface area contributed by atoms with Crippen molar-refractivity contribution in [3.63, 3.8) is 0 Å². The highest BCUT2D eigenvalue weighted by molar-refractivity contribution is 6.04. The fourth-order valence-electron chi connectivity index (χ4n) is 7.04. The highest BCUT2D eigenvalue weighted by Gasteiger charge is 2.27. The van der Waals surface area contributed by atoms with Crippen molar-refractivity contribution in [1.29, 1.82) is 0 Å². The van der Waals surface area contributed by atoms with Crippen molar-refractivity contribution in [2.75, 3.05) is 39.6 Å². The maximum atomic E-state index is 14.5. The van der Waals surface area contributed by atoms with Crippen LogP contribution in [0, 0.1) is 13.8 Å². The van der Waals surface area contributed by atoms with E-state index in [4.69, 9.17) is 18.9 Å². The molecule has 0 unspecified atom stereocenters. The monoisotopic (exact) mass is 905 g/mol. The second-order valence-electron chi connectivity index (χ2n) is 18.1. The third kappa shape index (κ3) is 15.3. The molecular weight excluding hydrogens is 843 g/mol. The largest absolute Gasteiger partial charge is 0.484 e. The molecule has 15 nitrogen and oxygen atoms in total. The summed E-state index contributed by atoms with van der Waals surface area (Å²) in [6.45, 7) is 14.4. The Kier molecular flexibility index (Phi) is 17.6. The molecule has 4 aliphatic rings. The Morgan fingerprint density at radius 2 is 1.05 bits per heavy atom. The van der Waals surface area contributed by atoms with Crippen LogP contribution in [0.15, 0.2) is 84.9 Å². The summed E-state index contributed by atoms with van der Waals surface area (Å²) in [6.07, 6.45) is -0.721. The summed E-state index contributed by atoms with van der Waals surface area (Å²) in [6, 6.07) is 25.0. The van der Waals surface area contributed by atoms with E-state index >= 15 is 0 Å². The molecule has 4 heterocycles. The van der Waals surface area contributed by atoms with E-state index in [0.29, 0.717) is 22.3 Å². The van der Waals surface area contributed by atoms with Crippen LogP contribution in [-0.2, 0) is 27.5 Å². The second-order valence-corrected chi connectivity index (χ2v) is 18.1. The molecule has 0 atom stereocenters. The van der Waals surface area contributed by atoms with Crippen molar-refractivity contribution in [3.05, 3.63) is 129 Å². The molecule has 4 bridgehead atoms. The highest BCUT2D eigenvalue weighted by Crippen LogP contribution is 2.38. The molecule has 0 saturated carbocycles. The van der Waals surface area contributed by atoms with Gasteiger partial charge >= 0.3 is 12.1 Å². The highest BCUT2D eigenvalue weighted by atomic mass is 16.6. The fourth-order valence-corrected chi connectivity index (χ4v) is 7.04. The number of nitrogens with zero attached hydrogens (tertiary/aromatic N) is 2. The van der Waals surface area contributed by atoms with Gasteiger partial charge in [-0.3, -0.25) is 33.8 Å². The minimum atomic E-state index is -0.751. The second kappa shape index (κ2) is 23.0. The molecule has 8 rings (SSSR count). The van der Waals surface area contributed by atoms with Crippen LogP contribution in [0.2, 0.25) is 0 Å². The average Bonchev–Trinajstić information content (AvgIpc) is 3.26. The standard InChI is InChI=1S/C51H63N5O10/c1-34-35(2)39-20-19-38(34)42(57)23-26-55(33-54-49(62)66-51(6,7)8)27-24-43(58)40-21-22-41(48(61)53-32-56(31-52-47(39)60)28-25-44(59)65-50(3,4)5)46(64-30-37-17-13-10-14-18-37)45(40)63-29-36-15-11-9-12-16-36/h9-22H,23-33H2,1-8H3,(H,52,60)(H,53,61)(H,54,62). The number of carbonyl (C=O) groups is 6. The van der Waals surface area contributed by atoms with Crippen LogP contribution in [-0.4, -0.2) is 96.1 Å². The molecule has 0 saturated heterocycles. The van der Waals surface area contributed by atoms with Gasteiger partial charge in [0.05, 0.1) is 37.6 Å². The van der Waals surface area contributed by atoms with E-state index in [-0.39, 0.29) is 106 Å². The summed E-state index contributed by atoms with van der Waals surface area (Å²) in [7, 11) is 0. The zero-order chi connectivity index (χ0) is 48.0. The van der Waals surface area contributed by atoms with Crippen LogP contribution in [0.4, 0.5) is 4.79 Å². The first-order valence-corrected chi connectivity index (χ1v) is 22.1. The van der Waals surface area contributed by atoms with Crippen molar-refractivity contribution in [2.45, 2.75) is 99.1 Å². The lowest BCUT2D eigenvalue weighted by Crippen LogP contribution is -2.45. The zero-order valence-electron chi connectivity index (χ0n) is 39.3. The number of ketones is 2. The van der Waals surface area contributed by atoms with Gasteiger partial charge in [0.1, 0.15) is 24.4 Å². The molecule has 0 fully saturated rings. The Morgan fingerprint density at radius 3 is 1.59 bits per heavy atom. The zero-order valence-corrected chi connectivity index (χ0v) is 39.3. The number of benzene rings is 4. The average molecular weight is 906 g/mol. The molecule has 4 aliphatic heterocycles. The fraction of sp³-hybridized carbons (Fsp3) is 0.412. The van der Waals surface area contributed by atoms with Crippen molar-refractivity contribution in [3.8, 4) is 11.5 Å². The van der Waals surface area contributed by atoms with Gasteiger partial charge in [-0.15, -0.1) is 0 Å². The van der Waals surface area contributed by atoms with E-state index in [1.165, 1.54) is 12.1 Å². The van der Waals surface area contributed by atoms with Crippen LogP contribution in [0.25, 0.3) is 0 Å². The van der Waals surface area contributed by atoms with Gasteiger partial charge in [0.2, 0.25) is 0 Å². The number of rotatable bonds is 11. The van der Waals surface area contributed by atoms with E-state index in [9.17, 15) is 28.8 Å². The minimum absolute atomic E-state index is 0.0245. The Hall–Kier alpha value is -6.58. The molecule has 3 amide bonds. The van der Waals surface area contributed by atoms with Gasteiger partial charge < -0.3 is 34.9 Å². The minimum Gasteiger partial charge on any atom is -0.484 e. The van der Waals surface area contributed by atoms with Crippen molar-refractivity contribution < 1.29 is 47.7 Å². The Morgan fingerprint density at radius 1 is 0.591 bits per heavy atom. The maximum Gasteiger partial charge on any atom is 0.408 e. The molecule has 15 heteroatoms. The lowest BCUT2D eigenvalue weighted by molar-refractivity contribution is -0.155. The summed E-state index contributed by atoms with van der Waals surface area (Å²) in [5, 5.41) is 8.58. The van der Waals surface area contributed by atoms with Gasteiger partial charge in [-0.25, -0.2) is 4.79 Å². The molecule has 4 aromatic carbocycles. The van der Waals surface area contributed by atoms with E-state index in [1.54, 1.807) is 77.3 Å². The molecule has 0 aliphatic carbocycles. The molecule has 3 N–H and O–H groups in total. The normalized spacial score (nSPS) is 15.0. The number of amides is 3. The van der Waals surface area contributed by atoms with Crippen LogP contribution in [0.1, 0.15) is 124 Å². The molecule has 0 spiro atoms. The number of alkyl carbamates (subject to hydrolysis) is 1. The first-order chi connectivity index (χ1) is 31.3. The number of esters is 1. The topological polar surface area (TPSA) is 182 Å². The summed E-state index contributed by atoms with van der Waals surface area (Å²) in [4.78, 5) is 85.5. The van der Waals surface area contributed by atoms with Gasteiger partial charge in [-0.1, -0.05) is 66.7 Å². The quantitative estimate of drug-likeness (QED) is 0.126. The van der Waals surface area contributed by atoms with Gasteiger partial charge in [0, 0.05) is 43.6 Å². The predicted molar refractivity (Wildman–Crippen MR) is 249 cm³/mol. The number of nitrogens with one attached hydrogen (secondary N) is 3. The van der Waals surface area contributed by atoms with E-state index in [2.05, 4.69) is 16.0 Å². The Bertz CT molecular complexity index is 2190. The summed E-state index contributed by atoms with van der Waals surface area (Å²) >= 11 is 0. The lowest BCUT2D eigenvalue weighted by atomic mass is 9.94. The number of carbonyl (C=O) groups excluding carboxylic acids is 6. The van der Waals surface area contributed by atoms with Crippen LogP contribution in [0.5, 0.6) is 11.5 Å². The predicted octanol–water partition coefficient (Wildman–Crippen LogP) is 7.51. The van der Waals surface area contributed by atoms with Crippen LogP contribution < -0.4 is 25.4 Å². The van der Waals surface area contributed by atoms with Gasteiger partial charge in [-0.2, -0.15) is 0 Å². The third-order valence-corrected chi connectivity index (χ3v) is 10.6. The number of ether oxygens (including phenoxy) is 4. The first kappa shape index (κ1) is 50.4. The van der Waals surface area contributed by atoms with Crippen molar-refractivity contribution in [2.24, 2.45) is 0 Å². The molecule has 352 valence electrons. The Balaban J connectivity index is 1.56. The molecule has 4 aromatic rings. The maximum absolute atomic E-state index is 14.5. The SMILES string of the molecule is Cc1c2ccc(c1C)C(=O)NCN(CCC(=O)OC(C)(C)C)CNC(=O)c1ccc(c(OCc3ccccc3)c1OCc1ccccc1)C(=O)CCN(CNC(=O)OC(C)(C)C)CCC2=O. The summed E-state index contributed by atoms with van der Waals surface area (Å²) < 4.78 is 23.9. The molecule has 0 radical (unpaired) electrons. The number of hydrogen-bond acceptors (Lipinski definition) is 12. The summed E-state index contributed by atoms with van der Waals surface area (Å²) in [5.41, 5.74) is 2.42. The molecular formula is C51H63N5O10. The third-order valence-electron chi connectivity index (χ3n) is 10.6. The van der Waals surface area contributed by atoms with Crippen LogP contribution in [0.3, 0.4) is 0 Å². The number of hydrogen-bond donors (Lipinski definition) is 3. The smallest absolute Gasteiger partial charge is 0.408 e. The van der Waals surface area contributed by atoms with Crippen molar-refractivity contribution >= 4 is 35.4 Å². The van der Waals surface area contributed by atoms with Gasteiger partial charge in [0.25, 0.3) is 11.8 Å². The first-order valence-electron chi connectivity index (χ1n) is 22.1. The Labute approximate surface area is 387 Å². The summed E-state index contributed by atoms with van der Waals surface area (Å²) in [5.74, 6) is -1.86. The van der Waals surface area contributed by atoms with E-state index in [1.807, 2.05) is 60.7 Å². The van der Waals surface area contributed by atoms with Gasteiger partial charge in [0.15, 0.2) is 23.1 Å². The van der Waals surface area contributed by atoms with E-state index in [0.717, 1.165) is 11.1 Å². The lowest BCUT2D eigenvalue weighted by Gasteiger charge is -2.26. The number of Topliss-reactive ketones (excluding diaryl/α,β-unsaturated/α-hetero) is 2.